The molecule has 6 nitrogen and oxygen atoms in total. The van der Waals surface area contributed by atoms with Gasteiger partial charge in [-0.25, -0.2) is 13.2 Å². The summed E-state index contributed by atoms with van der Waals surface area (Å²) in [6.07, 6.45) is 1.03. The summed E-state index contributed by atoms with van der Waals surface area (Å²) in [5.41, 5.74) is -0.451. The Balaban J connectivity index is 1.64. The fraction of sp³-hybridized carbons (Fsp3) is 0.400. The Kier molecular flexibility index (Phi) is 5.14. The van der Waals surface area contributed by atoms with Gasteiger partial charge in [-0.2, -0.15) is 4.31 Å². The predicted molar refractivity (Wildman–Crippen MR) is 94.1 cm³/mol. The van der Waals surface area contributed by atoms with Gasteiger partial charge < -0.3 is 9.15 Å². The highest BCUT2D eigenvalue weighted by molar-refractivity contribution is 9.11. The van der Waals surface area contributed by atoms with Crippen molar-refractivity contribution >= 4 is 37.3 Å². The predicted octanol–water partition coefficient (Wildman–Crippen LogP) is 3.00. The maximum absolute atomic E-state index is 12.6. The van der Waals surface area contributed by atoms with Crippen LogP contribution in [0.3, 0.4) is 0 Å². The van der Waals surface area contributed by atoms with Crippen molar-refractivity contribution in [1.29, 1.82) is 0 Å². The molecule has 1 aliphatic heterocycles. The van der Waals surface area contributed by atoms with Crippen LogP contribution in [-0.2, 0) is 10.0 Å². The van der Waals surface area contributed by atoms with Crippen molar-refractivity contribution in [2.45, 2.75) is 30.1 Å². The number of sulfonamides is 1. The molecule has 130 valence electrons. The molecule has 3 rings (SSSR count). The third-order valence-electron chi connectivity index (χ3n) is 3.71. The molecule has 9 heteroatoms. The summed E-state index contributed by atoms with van der Waals surface area (Å²) in [5.74, 6) is 0.952. The molecule has 0 saturated carbocycles. The summed E-state index contributed by atoms with van der Waals surface area (Å²) in [5, 5.41) is 0. The zero-order valence-corrected chi connectivity index (χ0v) is 16.1. The summed E-state index contributed by atoms with van der Waals surface area (Å²) in [6, 6.07) is 6.31. The first kappa shape index (κ1) is 17.7. The van der Waals surface area contributed by atoms with E-state index in [1.54, 1.807) is 25.1 Å². The number of piperidine rings is 1. The molecule has 0 unspecified atom stereocenters. The molecule has 24 heavy (non-hydrogen) atoms. The van der Waals surface area contributed by atoms with E-state index in [0.29, 0.717) is 41.7 Å². The second-order valence-corrected chi connectivity index (χ2v) is 10.1. The number of thiophene rings is 1. The van der Waals surface area contributed by atoms with Crippen molar-refractivity contribution < 1.29 is 17.6 Å². The minimum atomic E-state index is -3.45. The van der Waals surface area contributed by atoms with Crippen molar-refractivity contribution in [1.82, 2.24) is 4.31 Å². The molecule has 1 fully saturated rings. The Bertz CT molecular complexity index is 881. The van der Waals surface area contributed by atoms with E-state index in [-0.39, 0.29) is 6.10 Å². The van der Waals surface area contributed by atoms with Gasteiger partial charge in [-0.3, -0.25) is 0 Å². The smallest absolute Gasteiger partial charge is 0.339 e. The van der Waals surface area contributed by atoms with E-state index < -0.39 is 15.6 Å². The van der Waals surface area contributed by atoms with E-state index in [0.717, 1.165) is 3.79 Å². The second kappa shape index (κ2) is 6.99. The zero-order chi connectivity index (χ0) is 17.3. The van der Waals surface area contributed by atoms with Gasteiger partial charge in [0.25, 0.3) is 10.0 Å². The standard InChI is InChI=1S/C15H16BrNO5S2/c1-10-8-12(9-14(18)21-10)22-11-4-6-17(7-5-11)24(19,20)15-3-2-13(16)23-15/h2-3,8-9,11H,4-7H2,1H3. The molecule has 0 radical (unpaired) electrons. The summed E-state index contributed by atoms with van der Waals surface area (Å²) >= 11 is 4.49. The summed E-state index contributed by atoms with van der Waals surface area (Å²) in [7, 11) is -3.45. The molecule has 1 saturated heterocycles. The number of nitrogens with zero attached hydrogens (tertiary/aromatic N) is 1. The second-order valence-electron chi connectivity index (χ2n) is 5.50. The Morgan fingerprint density at radius 2 is 2.00 bits per heavy atom. The number of rotatable bonds is 4. The van der Waals surface area contributed by atoms with Crippen molar-refractivity contribution in [3.8, 4) is 5.75 Å². The molecule has 3 heterocycles. The Morgan fingerprint density at radius 3 is 2.58 bits per heavy atom. The van der Waals surface area contributed by atoms with Crippen molar-refractivity contribution in [3.05, 3.63) is 44.2 Å². The first-order chi connectivity index (χ1) is 11.3. The van der Waals surface area contributed by atoms with Crippen LogP contribution in [-0.4, -0.2) is 31.9 Å². The van der Waals surface area contributed by atoms with Crippen LogP contribution in [0, 0.1) is 6.92 Å². The molecule has 2 aromatic rings. The lowest BCUT2D eigenvalue weighted by Crippen LogP contribution is -2.41. The topological polar surface area (TPSA) is 76.8 Å². The molecule has 0 atom stereocenters. The minimum Gasteiger partial charge on any atom is -0.490 e. The van der Waals surface area contributed by atoms with E-state index in [1.165, 1.54) is 21.7 Å². The lowest BCUT2D eigenvalue weighted by molar-refractivity contribution is 0.134. The lowest BCUT2D eigenvalue weighted by atomic mass is 10.1. The van der Waals surface area contributed by atoms with Crippen LogP contribution in [0.25, 0.3) is 0 Å². The van der Waals surface area contributed by atoms with Crippen LogP contribution in [0.5, 0.6) is 5.75 Å². The molecule has 0 spiro atoms. The summed E-state index contributed by atoms with van der Waals surface area (Å²) in [6.45, 7) is 2.47. The van der Waals surface area contributed by atoms with Crippen LogP contribution < -0.4 is 10.4 Å². The number of hydrogen-bond donors (Lipinski definition) is 0. The quantitative estimate of drug-likeness (QED) is 0.740. The number of aryl methyl sites for hydroxylation is 1. The highest BCUT2D eigenvalue weighted by Crippen LogP contribution is 2.30. The third kappa shape index (κ3) is 3.90. The van der Waals surface area contributed by atoms with E-state index in [9.17, 15) is 13.2 Å². The SMILES string of the molecule is Cc1cc(OC2CCN(S(=O)(=O)c3ccc(Br)s3)CC2)cc(=O)o1. The van der Waals surface area contributed by atoms with Gasteiger partial charge in [0.15, 0.2) is 0 Å². The van der Waals surface area contributed by atoms with Gasteiger partial charge in [0.2, 0.25) is 0 Å². The maximum atomic E-state index is 12.6. The van der Waals surface area contributed by atoms with E-state index in [2.05, 4.69) is 15.9 Å². The lowest BCUT2D eigenvalue weighted by Gasteiger charge is -2.31. The molecule has 2 aromatic heterocycles. The highest BCUT2D eigenvalue weighted by atomic mass is 79.9. The Labute approximate surface area is 152 Å². The van der Waals surface area contributed by atoms with Gasteiger partial charge in [0.1, 0.15) is 21.8 Å². The van der Waals surface area contributed by atoms with Gasteiger partial charge in [-0.15, -0.1) is 11.3 Å². The largest absolute Gasteiger partial charge is 0.490 e. The monoisotopic (exact) mass is 433 g/mol. The van der Waals surface area contributed by atoms with Gasteiger partial charge in [0.05, 0.1) is 9.85 Å². The molecule has 0 amide bonds. The first-order valence-corrected chi connectivity index (χ1v) is 10.4. The van der Waals surface area contributed by atoms with Crippen molar-refractivity contribution in [3.63, 3.8) is 0 Å². The first-order valence-electron chi connectivity index (χ1n) is 7.38. The van der Waals surface area contributed by atoms with Crippen LogP contribution in [0.15, 0.2) is 41.5 Å². The number of ether oxygens (including phenoxy) is 1. The van der Waals surface area contributed by atoms with Gasteiger partial charge in [-0.1, -0.05) is 0 Å². The summed E-state index contributed by atoms with van der Waals surface area (Å²) in [4.78, 5) is 11.4. The molecular formula is C15H16BrNO5S2. The average Bonchev–Trinajstić information content (AvgIpc) is 2.94. The molecule has 1 aliphatic rings. The molecule has 0 bridgehead atoms. The van der Waals surface area contributed by atoms with E-state index >= 15 is 0 Å². The molecule has 0 N–H and O–H groups in total. The third-order valence-corrected chi connectivity index (χ3v) is 7.70. The average molecular weight is 434 g/mol. The van der Waals surface area contributed by atoms with Crippen LogP contribution in [0.4, 0.5) is 0 Å². The van der Waals surface area contributed by atoms with Gasteiger partial charge in [-0.05, 0) is 47.8 Å². The van der Waals surface area contributed by atoms with Gasteiger partial charge in [0, 0.05) is 19.2 Å². The molecule has 0 aliphatic carbocycles. The highest BCUT2D eigenvalue weighted by Gasteiger charge is 2.31. The fourth-order valence-electron chi connectivity index (χ4n) is 2.59. The maximum Gasteiger partial charge on any atom is 0.339 e. The molecule has 0 aromatic carbocycles. The van der Waals surface area contributed by atoms with Crippen molar-refractivity contribution in [2.75, 3.05) is 13.1 Å². The van der Waals surface area contributed by atoms with E-state index in [4.69, 9.17) is 9.15 Å². The number of hydrogen-bond acceptors (Lipinski definition) is 6. The van der Waals surface area contributed by atoms with E-state index in [1.807, 2.05) is 0 Å². The Morgan fingerprint density at radius 1 is 1.29 bits per heavy atom. The van der Waals surface area contributed by atoms with Crippen LogP contribution >= 0.6 is 27.3 Å². The van der Waals surface area contributed by atoms with Crippen LogP contribution in [0.1, 0.15) is 18.6 Å². The Hall–Kier alpha value is -1.16. The fourth-order valence-corrected chi connectivity index (χ4v) is 6.22. The number of halogens is 1. The summed E-state index contributed by atoms with van der Waals surface area (Å²) < 4.78 is 38.5. The van der Waals surface area contributed by atoms with Gasteiger partial charge >= 0.3 is 5.63 Å². The zero-order valence-electron chi connectivity index (χ0n) is 12.9. The normalized spacial score (nSPS) is 17.1. The van der Waals surface area contributed by atoms with Crippen LogP contribution in [0.2, 0.25) is 0 Å². The van der Waals surface area contributed by atoms with Crippen molar-refractivity contribution in [2.24, 2.45) is 0 Å². The molecular weight excluding hydrogens is 418 g/mol. The minimum absolute atomic E-state index is 0.118.